The Hall–Kier alpha value is -3.93. The number of benzene rings is 3. The number of sulfonamides is 1. The summed E-state index contributed by atoms with van der Waals surface area (Å²) in [7, 11) is -2.16. The highest BCUT2D eigenvalue weighted by Crippen LogP contribution is 2.29. The van der Waals surface area contributed by atoms with Gasteiger partial charge in [0.1, 0.15) is 5.75 Å². The van der Waals surface area contributed by atoms with Crippen molar-refractivity contribution < 1.29 is 32.6 Å². The Labute approximate surface area is 285 Å². The van der Waals surface area contributed by atoms with Crippen LogP contribution in [0.5, 0.6) is 5.75 Å². The molecule has 3 aromatic rings. The van der Waals surface area contributed by atoms with Crippen LogP contribution in [0.1, 0.15) is 61.5 Å². The highest BCUT2D eigenvalue weighted by Gasteiger charge is 2.31. The fraction of sp³-hybridized carbons (Fsp3) is 0.459. The van der Waals surface area contributed by atoms with Crippen LogP contribution >= 0.6 is 0 Å². The van der Waals surface area contributed by atoms with E-state index in [2.05, 4.69) is 4.72 Å². The second-order valence-corrected chi connectivity index (χ2v) is 14.5. The molecule has 11 heteroatoms. The molecule has 4 atom stereocenters. The lowest BCUT2D eigenvalue weighted by molar-refractivity contribution is -0.131. The standard InChI is InChI=1S/C37H49N3O7S/c1-26-14-17-32(18-15-26)48(44,45)38-31-16-19-34-33(22-31)37(43)40(28(3)25-41)23-27(2)35(46-20-10-9-11-29(4)47-34)24-39(5)36(42)21-30-12-7-6-8-13-30/h6-8,12-19,22,27-29,35,38,41H,9-11,20-21,23-25H2,1-5H3/t27-,28-,29-,35-/m1/s1. The molecular formula is C37H49N3O7S. The van der Waals surface area contributed by atoms with E-state index in [1.165, 1.54) is 18.2 Å². The first-order valence-electron chi connectivity index (χ1n) is 16.6. The van der Waals surface area contributed by atoms with Gasteiger partial charge in [0.25, 0.3) is 15.9 Å². The van der Waals surface area contributed by atoms with Crippen molar-refractivity contribution in [1.82, 2.24) is 9.80 Å². The van der Waals surface area contributed by atoms with Crippen LogP contribution in [0.3, 0.4) is 0 Å². The molecule has 2 amide bonds. The van der Waals surface area contributed by atoms with Gasteiger partial charge in [-0.2, -0.15) is 0 Å². The van der Waals surface area contributed by atoms with E-state index in [0.29, 0.717) is 25.3 Å². The molecule has 0 saturated heterocycles. The summed E-state index contributed by atoms with van der Waals surface area (Å²) in [5.41, 5.74) is 2.26. The maximum absolute atomic E-state index is 14.4. The second kappa shape index (κ2) is 16.9. The van der Waals surface area contributed by atoms with Gasteiger partial charge in [0, 0.05) is 38.3 Å². The molecule has 1 aliphatic heterocycles. The van der Waals surface area contributed by atoms with E-state index in [4.69, 9.17) is 9.47 Å². The third-order valence-corrected chi connectivity index (χ3v) is 10.1. The average molecular weight is 680 g/mol. The predicted octanol–water partition coefficient (Wildman–Crippen LogP) is 5.29. The smallest absolute Gasteiger partial charge is 0.261 e. The van der Waals surface area contributed by atoms with Crippen LogP contribution in [0.2, 0.25) is 0 Å². The Balaban J connectivity index is 1.63. The summed E-state index contributed by atoms with van der Waals surface area (Å²) < 4.78 is 41.7. The highest BCUT2D eigenvalue weighted by atomic mass is 32.2. The van der Waals surface area contributed by atoms with E-state index >= 15 is 0 Å². The summed E-state index contributed by atoms with van der Waals surface area (Å²) in [6.45, 7) is 8.31. The van der Waals surface area contributed by atoms with Gasteiger partial charge >= 0.3 is 0 Å². The number of nitrogens with zero attached hydrogens (tertiary/aromatic N) is 2. The Morgan fingerprint density at radius 1 is 1.06 bits per heavy atom. The summed E-state index contributed by atoms with van der Waals surface area (Å²) in [5.74, 6) is -0.325. The summed E-state index contributed by atoms with van der Waals surface area (Å²) >= 11 is 0. The number of anilines is 1. The lowest BCUT2D eigenvalue weighted by Gasteiger charge is -2.36. The zero-order valence-electron chi connectivity index (χ0n) is 28.6. The number of likely N-dealkylation sites (N-methyl/N-ethyl adjacent to an activating group) is 1. The summed E-state index contributed by atoms with van der Waals surface area (Å²) in [4.78, 5) is 30.9. The molecule has 0 unspecified atom stereocenters. The van der Waals surface area contributed by atoms with Gasteiger partial charge in [0.15, 0.2) is 0 Å². The number of carbonyl (C=O) groups is 2. The topological polar surface area (TPSA) is 125 Å². The molecule has 48 heavy (non-hydrogen) atoms. The number of amides is 2. The van der Waals surface area contributed by atoms with Gasteiger partial charge in [-0.3, -0.25) is 14.3 Å². The summed E-state index contributed by atoms with van der Waals surface area (Å²) in [6.07, 6.45) is 2.01. The Morgan fingerprint density at radius 3 is 2.46 bits per heavy atom. The van der Waals surface area contributed by atoms with Gasteiger partial charge in [-0.25, -0.2) is 8.42 Å². The van der Waals surface area contributed by atoms with Gasteiger partial charge in [0.05, 0.1) is 41.7 Å². The van der Waals surface area contributed by atoms with Crippen LogP contribution in [0.15, 0.2) is 77.7 Å². The van der Waals surface area contributed by atoms with Crippen molar-refractivity contribution in [1.29, 1.82) is 0 Å². The van der Waals surface area contributed by atoms with Crippen molar-refractivity contribution in [2.45, 2.75) is 76.5 Å². The van der Waals surface area contributed by atoms with E-state index in [0.717, 1.165) is 24.0 Å². The minimum atomic E-state index is -3.93. The SMILES string of the molecule is Cc1ccc(S(=O)(=O)Nc2ccc3c(c2)C(=O)N([C@H](C)CO)C[C@@H](C)[C@@H](CN(C)C(=O)Cc2ccccc2)OCCCC[C@@H](C)O3)cc1. The highest BCUT2D eigenvalue weighted by molar-refractivity contribution is 7.92. The first-order chi connectivity index (χ1) is 22.9. The van der Waals surface area contributed by atoms with E-state index in [1.807, 2.05) is 51.1 Å². The van der Waals surface area contributed by atoms with Crippen LogP contribution in [0.25, 0.3) is 0 Å². The average Bonchev–Trinajstić information content (AvgIpc) is 3.06. The van der Waals surface area contributed by atoms with Gasteiger partial charge in [-0.1, -0.05) is 55.0 Å². The molecule has 1 heterocycles. The van der Waals surface area contributed by atoms with Crippen LogP contribution in [-0.4, -0.2) is 86.7 Å². The Morgan fingerprint density at radius 2 is 1.77 bits per heavy atom. The molecule has 0 spiro atoms. The number of fused-ring (bicyclic) bond motifs is 1. The molecule has 0 fully saturated rings. The monoisotopic (exact) mass is 679 g/mol. The molecule has 2 N–H and O–H groups in total. The second-order valence-electron chi connectivity index (χ2n) is 12.9. The van der Waals surface area contributed by atoms with E-state index in [1.54, 1.807) is 48.0 Å². The lowest BCUT2D eigenvalue weighted by Crippen LogP contribution is -2.48. The van der Waals surface area contributed by atoms with Gasteiger partial charge in [-0.15, -0.1) is 0 Å². The van der Waals surface area contributed by atoms with Crippen LogP contribution in [-0.2, 0) is 26.0 Å². The lowest BCUT2D eigenvalue weighted by atomic mass is 10.0. The minimum Gasteiger partial charge on any atom is -0.490 e. The van der Waals surface area contributed by atoms with Crippen molar-refractivity contribution in [3.05, 3.63) is 89.5 Å². The Bertz CT molecular complexity index is 1620. The largest absolute Gasteiger partial charge is 0.490 e. The molecular weight excluding hydrogens is 630 g/mol. The van der Waals surface area contributed by atoms with Crippen molar-refractivity contribution in [2.75, 3.05) is 38.1 Å². The van der Waals surface area contributed by atoms with Gasteiger partial charge in [0.2, 0.25) is 5.91 Å². The molecule has 0 bridgehead atoms. The van der Waals surface area contributed by atoms with Crippen LogP contribution < -0.4 is 9.46 Å². The van der Waals surface area contributed by atoms with Gasteiger partial charge in [-0.05, 0) is 75.9 Å². The third-order valence-electron chi connectivity index (χ3n) is 8.71. The quantitative estimate of drug-likeness (QED) is 0.315. The molecule has 4 rings (SSSR count). The maximum atomic E-state index is 14.4. The number of ether oxygens (including phenoxy) is 2. The molecule has 0 aliphatic carbocycles. The number of hydrogen-bond donors (Lipinski definition) is 2. The zero-order chi connectivity index (χ0) is 34.8. The number of hydrogen-bond acceptors (Lipinski definition) is 7. The normalized spacial score (nSPS) is 20.2. The van der Waals surface area contributed by atoms with Crippen molar-refractivity contribution in [3.63, 3.8) is 0 Å². The molecule has 3 aromatic carbocycles. The number of nitrogens with one attached hydrogen (secondary N) is 1. The molecule has 0 radical (unpaired) electrons. The van der Waals surface area contributed by atoms with Gasteiger partial charge < -0.3 is 24.4 Å². The summed E-state index contributed by atoms with van der Waals surface area (Å²) in [5, 5.41) is 10.2. The zero-order valence-corrected chi connectivity index (χ0v) is 29.4. The van der Waals surface area contributed by atoms with Crippen LogP contribution in [0.4, 0.5) is 5.69 Å². The number of aryl methyl sites for hydroxylation is 1. The third kappa shape index (κ3) is 10.0. The number of aliphatic hydroxyl groups is 1. The number of aliphatic hydroxyl groups excluding tert-OH is 1. The first-order valence-corrected chi connectivity index (χ1v) is 18.1. The first kappa shape index (κ1) is 36.9. The maximum Gasteiger partial charge on any atom is 0.261 e. The number of carbonyl (C=O) groups excluding carboxylic acids is 2. The van der Waals surface area contributed by atoms with E-state index < -0.39 is 22.0 Å². The molecule has 1 aliphatic rings. The molecule has 0 aromatic heterocycles. The fourth-order valence-corrected chi connectivity index (χ4v) is 6.71. The predicted molar refractivity (Wildman–Crippen MR) is 187 cm³/mol. The van der Waals surface area contributed by atoms with Crippen molar-refractivity contribution >= 4 is 27.5 Å². The number of rotatable bonds is 9. The van der Waals surface area contributed by atoms with E-state index in [-0.39, 0.29) is 59.8 Å². The van der Waals surface area contributed by atoms with E-state index in [9.17, 15) is 23.1 Å². The van der Waals surface area contributed by atoms with Crippen LogP contribution in [0, 0.1) is 12.8 Å². The Kier molecular flexibility index (Phi) is 13.0. The fourth-order valence-electron chi connectivity index (χ4n) is 5.66. The molecule has 10 nitrogen and oxygen atoms in total. The summed E-state index contributed by atoms with van der Waals surface area (Å²) in [6, 6.07) is 20.2. The minimum absolute atomic E-state index is 0.0337. The van der Waals surface area contributed by atoms with Crippen molar-refractivity contribution in [2.24, 2.45) is 5.92 Å². The molecule has 260 valence electrons. The van der Waals surface area contributed by atoms with Crippen molar-refractivity contribution in [3.8, 4) is 5.75 Å². The molecule has 0 saturated carbocycles.